The van der Waals surface area contributed by atoms with Crippen molar-refractivity contribution in [2.24, 2.45) is 0 Å². The number of benzene rings is 2. The number of methoxy groups -OCH3 is 2. The van der Waals surface area contributed by atoms with Crippen LogP contribution in [0, 0.1) is 0 Å². The molecular weight excluding hydrogens is 548 g/mol. The molecule has 0 spiro atoms. The number of rotatable bonds is 7. The smallest absolute Gasteiger partial charge is 0.185 e. The summed E-state index contributed by atoms with van der Waals surface area (Å²) >= 11 is 11.1. The summed E-state index contributed by atoms with van der Waals surface area (Å²) in [6.07, 6.45) is 1.77. The first-order valence-electron chi connectivity index (χ1n) is 10.4. The number of piperidine rings is 1. The molecule has 2 aromatic carbocycles. The first-order valence-corrected chi connectivity index (χ1v) is 14.0. The van der Waals surface area contributed by atoms with Gasteiger partial charge in [0.2, 0.25) is 0 Å². The van der Waals surface area contributed by atoms with Gasteiger partial charge in [0.05, 0.1) is 35.1 Å². The Balaban J connectivity index is 1.41. The average Bonchev–Trinajstić information content (AvgIpc) is 3.27. The Morgan fingerprint density at radius 3 is 2.52 bits per heavy atom. The molecule has 0 saturated carbocycles. The molecular formula is C23H24BrClN2O4S2. The van der Waals surface area contributed by atoms with Crippen LogP contribution in [0.3, 0.4) is 0 Å². The zero-order chi connectivity index (χ0) is 23.6. The second-order valence-corrected chi connectivity index (χ2v) is 12.1. The molecule has 0 radical (unpaired) electrons. The Labute approximate surface area is 211 Å². The molecule has 2 heterocycles. The maximum atomic E-state index is 13.1. The highest BCUT2D eigenvalue weighted by Crippen LogP contribution is 2.34. The molecule has 0 bridgehead atoms. The molecule has 0 aliphatic carbocycles. The minimum Gasteiger partial charge on any atom is -0.493 e. The van der Waals surface area contributed by atoms with Crippen LogP contribution in [0.1, 0.15) is 24.1 Å². The number of halogens is 2. The lowest BCUT2D eigenvalue weighted by molar-refractivity contribution is 0.354. The topological polar surface area (TPSA) is 68.7 Å². The molecule has 0 atom stereocenters. The van der Waals surface area contributed by atoms with Crippen molar-refractivity contribution in [2.75, 3.05) is 32.2 Å². The first kappa shape index (κ1) is 24.3. The third-order valence-corrected chi connectivity index (χ3v) is 9.91. The minimum atomic E-state index is -3.48. The molecule has 1 saturated heterocycles. The van der Waals surface area contributed by atoms with E-state index < -0.39 is 15.1 Å². The Morgan fingerprint density at radius 1 is 1.12 bits per heavy atom. The number of sulfone groups is 1. The van der Waals surface area contributed by atoms with Gasteiger partial charge in [0.15, 0.2) is 26.5 Å². The lowest BCUT2D eigenvalue weighted by Gasteiger charge is -2.31. The molecule has 0 unspecified atom stereocenters. The van der Waals surface area contributed by atoms with Crippen LogP contribution in [0.5, 0.6) is 11.5 Å². The van der Waals surface area contributed by atoms with Crippen LogP contribution >= 0.6 is 38.9 Å². The summed E-state index contributed by atoms with van der Waals surface area (Å²) in [5.41, 5.74) is 2.05. The third-order valence-electron chi connectivity index (χ3n) is 5.72. The Morgan fingerprint density at radius 2 is 1.85 bits per heavy atom. The molecule has 1 aliphatic rings. The summed E-state index contributed by atoms with van der Waals surface area (Å²) in [4.78, 5) is 7.16. The number of thiazole rings is 1. The van der Waals surface area contributed by atoms with Crippen LogP contribution in [0.25, 0.3) is 0 Å². The maximum Gasteiger partial charge on any atom is 0.185 e. The van der Waals surface area contributed by atoms with Crippen molar-refractivity contribution in [1.82, 2.24) is 4.98 Å². The van der Waals surface area contributed by atoms with Crippen molar-refractivity contribution in [1.29, 1.82) is 0 Å². The summed E-state index contributed by atoms with van der Waals surface area (Å²) in [6, 6.07) is 10.8. The first-order chi connectivity index (χ1) is 15.8. The van der Waals surface area contributed by atoms with E-state index >= 15 is 0 Å². The molecule has 1 fully saturated rings. The molecule has 4 rings (SSSR count). The van der Waals surface area contributed by atoms with Gasteiger partial charge >= 0.3 is 0 Å². The lowest BCUT2D eigenvalue weighted by atomic mass is 10.1. The molecule has 6 nitrogen and oxygen atoms in total. The van der Waals surface area contributed by atoms with Crippen molar-refractivity contribution < 1.29 is 17.9 Å². The predicted molar refractivity (Wildman–Crippen MR) is 136 cm³/mol. The standard InChI is InChI=1S/C23H24BrClN2O4S2/c1-30-20-5-3-15(12-21(20)31-2)11-17-14-32-23(26-17)27-9-7-18(8-10-27)33(28,29)22-6-4-16(24)13-19(22)25/h3-6,12-14,18H,7-11H2,1-2H3. The van der Waals surface area contributed by atoms with Crippen LogP contribution < -0.4 is 14.4 Å². The van der Waals surface area contributed by atoms with Crippen molar-refractivity contribution in [2.45, 2.75) is 29.4 Å². The number of nitrogens with zero attached hydrogens (tertiary/aromatic N) is 2. The zero-order valence-corrected chi connectivity index (χ0v) is 22.2. The van der Waals surface area contributed by atoms with Crippen molar-refractivity contribution in [3.63, 3.8) is 0 Å². The van der Waals surface area contributed by atoms with Gasteiger partial charge in [-0.3, -0.25) is 0 Å². The normalized spacial score (nSPS) is 15.0. The molecule has 3 aromatic rings. The van der Waals surface area contributed by atoms with Gasteiger partial charge in [0, 0.05) is 29.4 Å². The van der Waals surface area contributed by atoms with E-state index in [9.17, 15) is 8.42 Å². The maximum absolute atomic E-state index is 13.1. The summed E-state index contributed by atoms with van der Waals surface area (Å²) < 4.78 is 37.7. The van der Waals surface area contributed by atoms with Crippen molar-refractivity contribution >= 4 is 53.8 Å². The van der Waals surface area contributed by atoms with Gasteiger partial charge in [0.1, 0.15) is 0 Å². The highest BCUT2D eigenvalue weighted by atomic mass is 79.9. The van der Waals surface area contributed by atoms with E-state index in [-0.39, 0.29) is 9.92 Å². The Kier molecular flexibility index (Phi) is 7.53. The van der Waals surface area contributed by atoms with Gasteiger partial charge in [0.25, 0.3) is 0 Å². The fourth-order valence-corrected chi connectivity index (χ4v) is 7.62. The minimum absolute atomic E-state index is 0.206. The van der Waals surface area contributed by atoms with Gasteiger partial charge in [-0.05, 0) is 48.7 Å². The number of hydrogen-bond acceptors (Lipinski definition) is 7. The third kappa shape index (κ3) is 5.31. The van der Waals surface area contributed by atoms with Crippen LogP contribution in [0.2, 0.25) is 5.02 Å². The van der Waals surface area contributed by atoms with Gasteiger partial charge in [-0.25, -0.2) is 13.4 Å². The zero-order valence-electron chi connectivity index (χ0n) is 18.3. The fourth-order valence-electron chi connectivity index (χ4n) is 3.97. The molecule has 176 valence electrons. The van der Waals surface area contributed by atoms with Crippen molar-refractivity contribution in [3.05, 3.63) is 62.5 Å². The summed E-state index contributed by atoms with van der Waals surface area (Å²) in [5, 5.41) is 2.78. The quantitative estimate of drug-likeness (QED) is 0.367. The Bertz CT molecular complexity index is 1240. The van der Waals surface area contributed by atoms with Gasteiger partial charge in [-0.2, -0.15) is 0 Å². The number of anilines is 1. The van der Waals surface area contributed by atoms with E-state index in [1.54, 1.807) is 43.8 Å². The van der Waals surface area contributed by atoms with E-state index in [0.29, 0.717) is 43.9 Å². The highest BCUT2D eigenvalue weighted by Gasteiger charge is 2.33. The van der Waals surface area contributed by atoms with E-state index in [1.807, 2.05) is 18.2 Å². The molecule has 10 heteroatoms. The summed E-state index contributed by atoms with van der Waals surface area (Å²) in [6.45, 7) is 1.28. The predicted octanol–water partition coefficient (Wildman–Crippen LogP) is 5.61. The van der Waals surface area contributed by atoms with Crippen molar-refractivity contribution in [3.8, 4) is 11.5 Å². The fraction of sp³-hybridized carbons (Fsp3) is 0.348. The molecule has 1 aliphatic heterocycles. The summed E-state index contributed by atoms with van der Waals surface area (Å²) in [7, 11) is -0.242. The molecule has 0 amide bonds. The monoisotopic (exact) mass is 570 g/mol. The summed E-state index contributed by atoms with van der Waals surface area (Å²) in [5.74, 6) is 1.39. The van der Waals surface area contributed by atoms with Crippen LogP contribution in [-0.4, -0.2) is 46.0 Å². The molecule has 33 heavy (non-hydrogen) atoms. The van der Waals surface area contributed by atoms with Crippen LogP contribution in [0.15, 0.2) is 51.1 Å². The average molecular weight is 572 g/mol. The second-order valence-electron chi connectivity index (χ2n) is 7.79. The highest BCUT2D eigenvalue weighted by molar-refractivity contribution is 9.10. The SMILES string of the molecule is COc1ccc(Cc2csc(N3CCC(S(=O)(=O)c4ccc(Br)cc4Cl)CC3)n2)cc1OC. The number of aromatic nitrogens is 1. The van der Waals surface area contributed by atoms with Gasteiger partial charge in [-0.1, -0.05) is 33.6 Å². The van der Waals surface area contributed by atoms with Crippen LogP contribution in [-0.2, 0) is 16.3 Å². The second kappa shape index (κ2) is 10.2. The van der Waals surface area contributed by atoms with Gasteiger partial charge < -0.3 is 14.4 Å². The number of ether oxygens (including phenoxy) is 2. The van der Waals surface area contributed by atoms with E-state index in [1.165, 1.54) is 0 Å². The largest absolute Gasteiger partial charge is 0.493 e. The lowest BCUT2D eigenvalue weighted by Crippen LogP contribution is -2.39. The van der Waals surface area contributed by atoms with Crippen LogP contribution in [0.4, 0.5) is 5.13 Å². The van der Waals surface area contributed by atoms with E-state index in [2.05, 4.69) is 26.2 Å². The van der Waals surface area contributed by atoms with E-state index in [0.717, 1.165) is 20.9 Å². The molecule has 1 aromatic heterocycles. The molecule has 0 N–H and O–H groups in total. The Hall–Kier alpha value is -1.81. The van der Waals surface area contributed by atoms with Gasteiger partial charge in [-0.15, -0.1) is 11.3 Å². The number of hydrogen-bond donors (Lipinski definition) is 0. The van der Waals surface area contributed by atoms with E-state index in [4.69, 9.17) is 26.1 Å².